The first-order valence-corrected chi connectivity index (χ1v) is 5.97. The predicted molar refractivity (Wildman–Crippen MR) is 72.4 cm³/mol. The number of methoxy groups -OCH3 is 2. The van der Waals surface area contributed by atoms with Crippen molar-refractivity contribution in [3.05, 3.63) is 41.5 Å². The van der Waals surface area contributed by atoms with Crippen LogP contribution in [0, 0.1) is 12.8 Å². The second-order valence-electron chi connectivity index (χ2n) is 4.15. The number of benzene rings is 1. The number of esters is 2. The molecule has 0 fully saturated rings. The van der Waals surface area contributed by atoms with Crippen molar-refractivity contribution in [1.82, 2.24) is 0 Å². The van der Waals surface area contributed by atoms with E-state index in [0.717, 1.165) is 11.1 Å². The van der Waals surface area contributed by atoms with Crippen LogP contribution >= 0.6 is 0 Å². The topological polar surface area (TPSA) is 52.6 Å². The Morgan fingerprint density at radius 2 is 1.84 bits per heavy atom. The Balaban J connectivity index is 2.71. The first kappa shape index (κ1) is 15.0. The summed E-state index contributed by atoms with van der Waals surface area (Å²) < 4.78 is 9.17. The van der Waals surface area contributed by atoms with E-state index in [4.69, 9.17) is 0 Å². The Labute approximate surface area is 113 Å². The van der Waals surface area contributed by atoms with E-state index in [1.807, 2.05) is 37.3 Å². The minimum Gasteiger partial charge on any atom is -0.468 e. The molecule has 0 amide bonds. The summed E-state index contributed by atoms with van der Waals surface area (Å²) in [6, 6.07) is 7.92. The minimum absolute atomic E-state index is 0.257. The highest BCUT2D eigenvalue weighted by molar-refractivity contribution is 5.95. The molecule has 0 unspecified atom stereocenters. The molecule has 0 spiro atoms. The summed E-state index contributed by atoms with van der Waals surface area (Å²) in [5.41, 5.74) is 2.17. The van der Waals surface area contributed by atoms with Gasteiger partial charge in [-0.15, -0.1) is 0 Å². The molecule has 0 radical (unpaired) electrons. The van der Waals surface area contributed by atoms with Crippen molar-refractivity contribution in [1.29, 1.82) is 0 Å². The molecule has 0 aromatic heterocycles. The molecule has 0 aliphatic heterocycles. The van der Waals surface area contributed by atoms with Gasteiger partial charge < -0.3 is 9.47 Å². The van der Waals surface area contributed by atoms with Crippen LogP contribution in [0.3, 0.4) is 0 Å². The molecule has 0 atom stereocenters. The van der Waals surface area contributed by atoms with Gasteiger partial charge >= 0.3 is 11.9 Å². The Morgan fingerprint density at radius 1 is 1.21 bits per heavy atom. The molecule has 1 aromatic carbocycles. The molecule has 4 nitrogen and oxygen atoms in total. The first-order chi connectivity index (χ1) is 9.08. The van der Waals surface area contributed by atoms with Crippen LogP contribution in [-0.2, 0) is 19.1 Å². The maximum absolute atomic E-state index is 11.5. The number of aryl methyl sites for hydroxylation is 1. The Kier molecular flexibility index (Phi) is 5.79. The zero-order chi connectivity index (χ0) is 14.3. The standard InChI is InChI=1S/C15H18O4/c1-11-6-4-7-12(10-11)8-5-9-13(14(16)18-2)15(17)19-3/h4-8,10,13H,9H2,1-3H3/b8-5+. The number of carbonyl (C=O) groups excluding carboxylic acids is 2. The highest BCUT2D eigenvalue weighted by atomic mass is 16.5. The van der Waals surface area contributed by atoms with Crippen molar-refractivity contribution in [3.63, 3.8) is 0 Å². The summed E-state index contributed by atoms with van der Waals surface area (Å²) >= 11 is 0. The van der Waals surface area contributed by atoms with Crippen LogP contribution in [0.2, 0.25) is 0 Å². The Bertz CT molecular complexity index is 461. The number of hydrogen-bond acceptors (Lipinski definition) is 4. The molecule has 0 N–H and O–H groups in total. The maximum atomic E-state index is 11.5. The van der Waals surface area contributed by atoms with E-state index in [1.165, 1.54) is 14.2 Å². The van der Waals surface area contributed by atoms with Crippen LogP contribution in [0.4, 0.5) is 0 Å². The number of hydrogen-bond donors (Lipinski definition) is 0. The zero-order valence-electron chi connectivity index (χ0n) is 11.4. The van der Waals surface area contributed by atoms with Crippen LogP contribution in [0.1, 0.15) is 17.5 Å². The lowest BCUT2D eigenvalue weighted by Gasteiger charge is -2.09. The minimum atomic E-state index is -0.906. The maximum Gasteiger partial charge on any atom is 0.320 e. The van der Waals surface area contributed by atoms with Crippen LogP contribution in [0.5, 0.6) is 0 Å². The van der Waals surface area contributed by atoms with E-state index in [0.29, 0.717) is 0 Å². The summed E-state index contributed by atoms with van der Waals surface area (Å²) in [7, 11) is 2.51. The fourth-order valence-corrected chi connectivity index (χ4v) is 1.69. The van der Waals surface area contributed by atoms with E-state index >= 15 is 0 Å². The highest BCUT2D eigenvalue weighted by Gasteiger charge is 2.26. The van der Waals surface area contributed by atoms with Gasteiger partial charge in [-0.3, -0.25) is 9.59 Å². The number of allylic oxidation sites excluding steroid dienone is 1. The lowest BCUT2D eigenvalue weighted by Crippen LogP contribution is -2.25. The third-order valence-electron chi connectivity index (χ3n) is 2.70. The molecule has 0 saturated carbocycles. The average Bonchev–Trinajstić information content (AvgIpc) is 2.42. The molecular weight excluding hydrogens is 244 g/mol. The second-order valence-corrected chi connectivity index (χ2v) is 4.15. The van der Waals surface area contributed by atoms with Gasteiger partial charge in [-0.25, -0.2) is 0 Å². The lowest BCUT2D eigenvalue weighted by molar-refractivity contribution is -0.158. The molecule has 4 heteroatoms. The largest absolute Gasteiger partial charge is 0.468 e. The number of rotatable bonds is 5. The van der Waals surface area contributed by atoms with Crippen molar-refractivity contribution in [2.75, 3.05) is 14.2 Å². The van der Waals surface area contributed by atoms with Crippen molar-refractivity contribution in [2.45, 2.75) is 13.3 Å². The highest BCUT2D eigenvalue weighted by Crippen LogP contribution is 2.12. The molecule has 0 heterocycles. The van der Waals surface area contributed by atoms with Gasteiger partial charge in [-0.2, -0.15) is 0 Å². The monoisotopic (exact) mass is 262 g/mol. The van der Waals surface area contributed by atoms with E-state index in [1.54, 1.807) is 6.08 Å². The SMILES string of the molecule is COC(=O)C(C/C=C/c1cccc(C)c1)C(=O)OC. The van der Waals surface area contributed by atoms with Crippen molar-refractivity contribution >= 4 is 18.0 Å². The van der Waals surface area contributed by atoms with E-state index in [-0.39, 0.29) is 6.42 Å². The smallest absolute Gasteiger partial charge is 0.320 e. The Morgan fingerprint density at radius 3 is 2.37 bits per heavy atom. The molecule has 1 aromatic rings. The second kappa shape index (κ2) is 7.36. The lowest BCUT2D eigenvalue weighted by atomic mass is 10.0. The summed E-state index contributed by atoms with van der Waals surface area (Å²) in [5.74, 6) is -2.07. The van der Waals surface area contributed by atoms with Crippen molar-refractivity contribution in [2.24, 2.45) is 5.92 Å². The molecule has 0 aliphatic rings. The van der Waals surface area contributed by atoms with E-state index in [2.05, 4.69) is 9.47 Å². The van der Waals surface area contributed by atoms with Gasteiger partial charge in [0.05, 0.1) is 14.2 Å². The third kappa shape index (κ3) is 4.58. The molecule has 0 bridgehead atoms. The fourth-order valence-electron chi connectivity index (χ4n) is 1.69. The van der Waals surface area contributed by atoms with Crippen molar-refractivity contribution in [3.8, 4) is 0 Å². The van der Waals surface area contributed by atoms with Gasteiger partial charge in [-0.05, 0) is 18.9 Å². The molecule has 102 valence electrons. The molecule has 19 heavy (non-hydrogen) atoms. The summed E-state index contributed by atoms with van der Waals surface area (Å²) in [6.45, 7) is 2.00. The van der Waals surface area contributed by atoms with Crippen LogP contribution in [0.25, 0.3) is 6.08 Å². The number of ether oxygens (including phenoxy) is 2. The molecule has 0 aliphatic carbocycles. The third-order valence-corrected chi connectivity index (χ3v) is 2.70. The van der Waals surface area contributed by atoms with Gasteiger partial charge in [-0.1, -0.05) is 42.0 Å². The average molecular weight is 262 g/mol. The van der Waals surface area contributed by atoms with Crippen LogP contribution in [0.15, 0.2) is 30.3 Å². The van der Waals surface area contributed by atoms with E-state index in [9.17, 15) is 9.59 Å². The first-order valence-electron chi connectivity index (χ1n) is 5.97. The Hall–Kier alpha value is -2.10. The van der Waals surface area contributed by atoms with Crippen LogP contribution < -0.4 is 0 Å². The summed E-state index contributed by atoms with van der Waals surface area (Å²) in [5, 5.41) is 0. The van der Waals surface area contributed by atoms with E-state index < -0.39 is 17.9 Å². The quantitative estimate of drug-likeness (QED) is 0.604. The van der Waals surface area contributed by atoms with Gasteiger partial charge in [0.1, 0.15) is 0 Å². The molecule has 0 saturated heterocycles. The van der Waals surface area contributed by atoms with Gasteiger partial charge in [0.25, 0.3) is 0 Å². The fraction of sp³-hybridized carbons (Fsp3) is 0.333. The van der Waals surface area contributed by atoms with Gasteiger partial charge in [0.15, 0.2) is 5.92 Å². The van der Waals surface area contributed by atoms with Crippen molar-refractivity contribution < 1.29 is 19.1 Å². The van der Waals surface area contributed by atoms with Gasteiger partial charge in [0.2, 0.25) is 0 Å². The normalized spacial score (nSPS) is 10.7. The summed E-state index contributed by atoms with van der Waals surface area (Å²) in [6.07, 6.45) is 3.90. The van der Waals surface area contributed by atoms with Crippen LogP contribution in [-0.4, -0.2) is 26.2 Å². The predicted octanol–water partition coefficient (Wildman–Crippen LogP) is 2.36. The summed E-state index contributed by atoms with van der Waals surface area (Å²) in [4.78, 5) is 22.9. The van der Waals surface area contributed by atoms with Gasteiger partial charge in [0, 0.05) is 0 Å². The molecular formula is C15H18O4. The number of carbonyl (C=O) groups is 2. The zero-order valence-corrected chi connectivity index (χ0v) is 11.4. The molecule has 1 rings (SSSR count).